The third kappa shape index (κ3) is 5.02. The van der Waals surface area contributed by atoms with Crippen molar-refractivity contribution in [3.05, 3.63) is 51.7 Å². The van der Waals surface area contributed by atoms with Crippen LogP contribution in [0.2, 0.25) is 5.02 Å². The second-order valence-electron chi connectivity index (χ2n) is 6.80. The van der Waals surface area contributed by atoms with Gasteiger partial charge in [-0.05, 0) is 52.6 Å². The van der Waals surface area contributed by atoms with E-state index in [4.69, 9.17) is 11.6 Å². The third-order valence-corrected chi connectivity index (χ3v) is 8.48. The Morgan fingerprint density at radius 1 is 1.30 bits per heavy atom. The molecule has 1 amide bonds. The largest absolute Gasteiger partial charge is 0.333 e. The first-order valence-electron chi connectivity index (χ1n) is 9.11. The Balaban J connectivity index is 1.48. The van der Waals surface area contributed by atoms with Gasteiger partial charge in [-0.2, -0.15) is 4.68 Å². The number of sulfone groups is 1. The van der Waals surface area contributed by atoms with Gasteiger partial charge in [-0.1, -0.05) is 29.4 Å². The Labute approximate surface area is 187 Å². The second-order valence-corrected chi connectivity index (χ2v) is 11.4. The highest BCUT2D eigenvalue weighted by molar-refractivity contribution is 7.99. The summed E-state index contributed by atoms with van der Waals surface area (Å²) in [6.45, 7) is 0.402. The smallest absolute Gasteiger partial charge is 0.233 e. The first-order valence-corrected chi connectivity index (χ1v) is 13.2. The number of hydrogen-bond donors (Lipinski definition) is 0. The average molecular weight is 484 g/mol. The predicted octanol–water partition coefficient (Wildman–Crippen LogP) is 2.69. The van der Waals surface area contributed by atoms with Crippen LogP contribution < -0.4 is 0 Å². The lowest BCUT2D eigenvalue weighted by atomic mass is 10.2. The topological polar surface area (TPSA) is 98.1 Å². The number of rotatable bonds is 7. The van der Waals surface area contributed by atoms with Gasteiger partial charge in [-0.15, -0.1) is 16.4 Å². The minimum atomic E-state index is -3.10. The van der Waals surface area contributed by atoms with E-state index in [9.17, 15) is 13.2 Å². The molecule has 1 aromatic carbocycles. The second kappa shape index (κ2) is 9.04. The van der Waals surface area contributed by atoms with Gasteiger partial charge in [0.2, 0.25) is 11.1 Å². The van der Waals surface area contributed by atoms with E-state index in [1.165, 1.54) is 16.4 Å². The molecule has 158 valence electrons. The molecule has 0 bridgehead atoms. The summed E-state index contributed by atoms with van der Waals surface area (Å²) < 4.78 is 25.5. The fourth-order valence-corrected chi connectivity index (χ4v) is 6.57. The lowest BCUT2D eigenvalue weighted by Crippen LogP contribution is -2.41. The van der Waals surface area contributed by atoms with Crippen LogP contribution in [-0.2, 0) is 21.2 Å². The van der Waals surface area contributed by atoms with Gasteiger partial charge in [0, 0.05) is 15.9 Å². The molecule has 3 heterocycles. The molecule has 3 aromatic rings. The quantitative estimate of drug-likeness (QED) is 0.476. The zero-order chi connectivity index (χ0) is 21.1. The molecule has 0 aliphatic carbocycles. The minimum absolute atomic E-state index is 0.0112. The molecule has 0 saturated carbocycles. The Kier molecular flexibility index (Phi) is 6.42. The number of hydrogen-bond acceptors (Lipinski definition) is 8. The SMILES string of the molecule is O=C(CSc1nnnn1-c1ccc(Cl)cc1)N(Cc1cccs1)C1CCS(=O)(=O)C1. The molecule has 0 spiro atoms. The van der Waals surface area contributed by atoms with E-state index in [-0.39, 0.29) is 29.2 Å². The number of carbonyl (C=O) groups is 1. The Morgan fingerprint density at radius 2 is 2.10 bits per heavy atom. The molecule has 1 saturated heterocycles. The van der Waals surface area contributed by atoms with E-state index >= 15 is 0 Å². The van der Waals surface area contributed by atoms with Crippen LogP contribution >= 0.6 is 34.7 Å². The van der Waals surface area contributed by atoms with E-state index in [1.807, 2.05) is 17.5 Å². The summed E-state index contributed by atoms with van der Waals surface area (Å²) in [5.41, 5.74) is 0.733. The number of benzene rings is 1. The number of thioether (sulfide) groups is 1. The van der Waals surface area contributed by atoms with Crippen molar-refractivity contribution in [2.24, 2.45) is 0 Å². The van der Waals surface area contributed by atoms with Gasteiger partial charge in [0.25, 0.3) is 0 Å². The van der Waals surface area contributed by atoms with Crippen molar-refractivity contribution < 1.29 is 13.2 Å². The fourth-order valence-electron chi connectivity index (χ4n) is 3.23. The summed E-state index contributed by atoms with van der Waals surface area (Å²) in [4.78, 5) is 15.8. The maximum Gasteiger partial charge on any atom is 0.233 e. The van der Waals surface area contributed by atoms with E-state index in [0.29, 0.717) is 23.1 Å². The zero-order valence-corrected chi connectivity index (χ0v) is 18.9. The van der Waals surface area contributed by atoms with Crippen LogP contribution in [0.4, 0.5) is 0 Å². The first-order chi connectivity index (χ1) is 14.4. The summed E-state index contributed by atoms with van der Waals surface area (Å²) in [7, 11) is -3.10. The molecule has 0 radical (unpaired) electrons. The van der Waals surface area contributed by atoms with Crippen LogP contribution in [0.5, 0.6) is 0 Å². The van der Waals surface area contributed by atoms with E-state index in [2.05, 4.69) is 15.5 Å². The zero-order valence-electron chi connectivity index (χ0n) is 15.7. The van der Waals surface area contributed by atoms with Crippen LogP contribution in [0.3, 0.4) is 0 Å². The highest BCUT2D eigenvalue weighted by atomic mass is 35.5. The monoisotopic (exact) mass is 483 g/mol. The van der Waals surface area contributed by atoms with Crippen molar-refractivity contribution in [3.63, 3.8) is 0 Å². The minimum Gasteiger partial charge on any atom is -0.333 e. The third-order valence-electron chi connectivity index (χ3n) is 4.71. The molecule has 12 heteroatoms. The van der Waals surface area contributed by atoms with Crippen LogP contribution in [0.1, 0.15) is 11.3 Å². The molecular formula is C18H18ClN5O3S3. The Bertz CT molecular complexity index is 1120. The van der Waals surface area contributed by atoms with Gasteiger partial charge in [0.05, 0.1) is 29.5 Å². The summed E-state index contributed by atoms with van der Waals surface area (Å²) in [5, 5.41) is 14.7. The number of aromatic nitrogens is 4. The van der Waals surface area contributed by atoms with E-state index in [0.717, 1.165) is 10.6 Å². The Morgan fingerprint density at radius 3 is 2.77 bits per heavy atom. The van der Waals surface area contributed by atoms with Crippen LogP contribution in [-0.4, -0.2) is 62.7 Å². The van der Waals surface area contributed by atoms with Crippen molar-refractivity contribution in [2.75, 3.05) is 17.3 Å². The molecular weight excluding hydrogens is 466 g/mol. The lowest BCUT2D eigenvalue weighted by molar-refractivity contribution is -0.130. The van der Waals surface area contributed by atoms with Crippen molar-refractivity contribution in [2.45, 2.75) is 24.2 Å². The predicted molar refractivity (Wildman–Crippen MR) is 117 cm³/mol. The molecule has 0 N–H and O–H groups in total. The maximum absolute atomic E-state index is 13.1. The highest BCUT2D eigenvalue weighted by Crippen LogP contribution is 2.25. The molecule has 30 heavy (non-hydrogen) atoms. The van der Waals surface area contributed by atoms with Gasteiger partial charge in [0.15, 0.2) is 9.84 Å². The van der Waals surface area contributed by atoms with Crippen molar-refractivity contribution >= 4 is 50.4 Å². The molecule has 4 rings (SSSR count). The number of nitrogens with zero attached hydrogens (tertiary/aromatic N) is 5. The van der Waals surface area contributed by atoms with Crippen molar-refractivity contribution in [3.8, 4) is 5.69 Å². The standard InChI is InChI=1S/C18H18ClN5O3S3/c19-13-3-5-14(6-4-13)24-18(20-21-22-24)29-11-17(25)23(10-16-2-1-8-28-16)15-7-9-30(26,27)12-15/h1-6,8,15H,7,9-12H2. The number of thiophene rings is 1. The van der Waals surface area contributed by atoms with Gasteiger partial charge in [0.1, 0.15) is 0 Å². The normalized spacial score (nSPS) is 17.8. The molecule has 2 aromatic heterocycles. The van der Waals surface area contributed by atoms with E-state index < -0.39 is 9.84 Å². The number of carbonyl (C=O) groups excluding carboxylic acids is 1. The lowest BCUT2D eigenvalue weighted by Gasteiger charge is -2.27. The number of tetrazole rings is 1. The summed E-state index contributed by atoms with van der Waals surface area (Å²) >= 11 is 8.70. The van der Waals surface area contributed by atoms with Crippen molar-refractivity contribution in [1.82, 2.24) is 25.1 Å². The molecule has 1 unspecified atom stereocenters. The summed E-state index contributed by atoms with van der Waals surface area (Å²) in [6, 6.07) is 10.6. The number of amides is 1. The highest BCUT2D eigenvalue weighted by Gasteiger charge is 2.35. The van der Waals surface area contributed by atoms with Crippen LogP contribution in [0, 0.1) is 0 Å². The first kappa shape index (κ1) is 21.3. The van der Waals surface area contributed by atoms with Gasteiger partial charge in [-0.25, -0.2) is 8.42 Å². The van der Waals surface area contributed by atoms with Gasteiger partial charge in [-0.3, -0.25) is 4.79 Å². The Hall–Kier alpha value is -1.95. The van der Waals surface area contributed by atoms with Crippen molar-refractivity contribution in [1.29, 1.82) is 0 Å². The molecule has 8 nitrogen and oxygen atoms in total. The maximum atomic E-state index is 13.1. The molecule has 1 atom stereocenters. The molecule has 1 aliphatic heterocycles. The average Bonchev–Trinajstić information content (AvgIpc) is 3.46. The van der Waals surface area contributed by atoms with Crippen LogP contribution in [0.15, 0.2) is 46.9 Å². The molecule has 1 aliphatic rings. The van der Waals surface area contributed by atoms with Crippen LogP contribution in [0.25, 0.3) is 5.69 Å². The number of halogens is 1. The van der Waals surface area contributed by atoms with Gasteiger partial charge < -0.3 is 4.90 Å². The fraction of sp³-hybridized carbons (Fsp3) is 0.333. The van der Waals surface area contributed by atoms with E-state index in [1.54, 1.807) is 40.5 Å². The molecule has 1 fully saturated rings. The summed E-state index contributed by atoms with van der Waals surface area (Å²) in [6.07, 6.45) is 0.465. The summed E-state index contributed by atoms with van der Waals surface area (Å²) in [5.74, 6) is 0.0993. The van der Waals surface area contributed by atoms with Gasteiger partial charge >= 0.3 is 0 Å².